The molecular weight excluding hydrogens is 416 g/mol. The summed E-state index contributed by atoms with van der Waals surface area (Å²) in [5, 5.41) is 11.7. The van der Waals surface area contributed by atoms with E-state index in [1.807, 2.05) is 24.3 Å². The highest BCUT2D eigenvalue weighted by Crippen LogP contribution is 2.19. The molecule has 164 valence electrons. The van der Waals surface area contributed by atoms with Crippen molar-refractivity contribution in [2.45, 2.75) is 32.2 Å². The van der Waals surface area contributed by atoms with Crippen molar-refractivity contribution in [1.82, 2.24) is 5.32 Å². The zero-order chi connectivity index (χ0) is 22.9. The number of nitrogens with zero attached hydrogens (tertiary/aromatic N) is 2. The Labute approximate surface area is 182 Å². The van der Waals surface area contributed by atoms with Gasteiger partial charge in [0.2, 0.25) is 21.8 Å². The molecule has 1 unspecified atom stereocenters. The summed E-state index contributed by atoms with van der Waals surface area (Å²) < 4.78 is 25.2. The maximum Gasteiger partial charge on any atom is 0.229 e. The number of carbonyl (C=O) groups is 2. The first-order valence-electron chi connectivity index (χ1n) is 9.79. The van der Waals surface area contributed by atoms with Gasteiger partial charge in [0.15, 0.2) is 0 Å². The van der Waals surface area contributed by atoms with Gasteiger partial charge in [0, 0.05) is 30.8 Å². The van der Waals surface area contributed by atoms with Gasteiger partial charge in [-0.25, -0.2) is 8.42 Å². The molecule has 1 atom stereocenters. The molecule has 0 aliphatic rings. The number of nitriles is 1. The Hall–Kier alpha value is -3.38. The molecule has 0 aliphatic heterocycles. The van der Waals surface area contributed by atoms with Gasteiger partial charge in [0.25, 0.3) is 0 Å². The molecule has 0 heterocycles. The van der Waals surface area contributed by atoms with Crippen molar-refractivity contribution < 1.29 is 18.0 Å². The van der Waals surface area contributed by atoms with Crippen LogP contribution in [0.3, 0.4) is 0 Å². The predicted molar refractivity (Wildman–Crippen MR) is 120 cm³/mol. The van der Waals surface area contributed by atoms with Crippen LogP contribution < -0.4 is 14.9 Å². The van der Waals surface area contributed by atoms with E-state index in [9.17, 15) is 18.0 Å². The van der Waals surface area contributed by atoms with Crippen LogP contribution in [0.4, 0.5) is 11.4 Å². The molecule has 0 fully saturated rings. The van der Waals surface area contributed by atoms with E-state index in [0.717, 1.165) is 11.8 Å². The molecule has 0 saturated carbocycles. The van der Waals surface area contributed by atoms with Crippen LogP contribution in [-0.2, 0) is 19.6 Å². The lowest BCUT2D eigenvalue weighted by molar-refractivity contribution is -0.125. The van der Waals surface area contributed by atoms with E-state index >= 15 is 0 Å². The first-order chi connectivity index (χ1) is 14.7. The van der Waals surface area contributed by atoms with Crippen molar-refractivity contribution in [1.29, 1.82) is 5.26 Å². The van der Waals surface area contributed by atoms with Gasteiger partial charge in [-0.1, -0.05) is 30.3 Å². The molecule has 31 heavy (non-hydrogen) atoms. The zero-order valence-electron chi connectivity index (χ0n) is 17.5. The van der Waals surface area contributed by atoms with Crippen LogP contribution in [0.5, 0.6) is 0 Å². The summed E-state index contributed by atoms with van der Waals surface area (Å²) in [4.78, 5) is 26.5. The van der Waals surface area contributed by atoms with E-state index in [0.29, 0.717) is 11.4 Å². The molecule has 0 aromatic heterocycles. The highest BCUT2D eigenvalue weighted by atomic mass is 32.2. The van der Waals surface area contributed by atoms with Crippen molar-refractivity contribution >= 4 is 33.2 Å². The van der Waals surface area contributed by atoms with Crippen LogP contribution in [0.25, 0.3) is 0 Å². The largest absolute Gasteiger partial charge is 0.350 e. The number of anilines is 2. The molecule has 0 bridgehead atoms. The normalized spacial score (nSPS) is 11.8. The third kappa shape index (κ3) is 8.10. The first-order valence-corrected chi connectivity index (χ1v) is 11.7. The maximum absolute atomic E-state index is 12.7. The lowest BCUT2D eigenvalue weighted by Gasteiger charge is -2.22. The Morgan fingerprint density at radius 1 is 1.10 bits per heavy atom. The Morgan fingerprint density at radius 3 is 2.45 bits per heavy atom. The molecule has 2 aromatic carbocycles. The molecule has 8 nitrogen and oxygen atoms in total. The van der Waals surface area contributed by atoms with E-state index in [4.69, 9.17) is 5.26 Å². The molecule has 0 spiro atoms. The Balaban J connectivity index is 1.95. The van der Waals surface area contributed by atoms with E-state index < -0.39 is 10.0 Å². The summed E-state index contributed by atoms with van der Waals surface area (Å²) >= 11 is 0. The van der Waals surface area contributed by atoms with Crippen LogP contribution in [0, 0.1) is 11.3 Å². The van der Waals surface area contributed by atoms with Gasteiger partial charge in [0.05, 0.1) is 24.8 Å². The van der Waals surface area contributed by atoms with Crippen LogP contribution in [0.1, 0.15) is 37.8 Å². The van der Waals surface area contributed by atoms with Gasteiger partial charge in [-0.2, -0.15) is 5.26 Å². The number of hydrogen-bond acceptors (Lipinski definition) is 5. The smallest absolute Gasteiger partial charge is 0.229 e. The minimum Gasteiger partial charge on any atom is -0.350 e. The number of carbonyl (C=O) groups excluding carboxylic acids is 2. The quantitative estimate of drug-likeness (QED) is 0.586. The first kappa shape index (κ1) is 23.9. The molecule has 0 saturated heterocycles. The topological polar surface area (TPSA) is 119 Å². The Morgan fingerprint density at radius 2 is 1.81 bits per heavy atom. The van der Waals surface area contributed by atoms with Gasteiger partial charge in [-0.15, -0.1) is 0 Å². The Kier molecular flexibility index (Phi) is 8.58. The number of para-hydroxylation sites is 1. The van der Waals surface area contributed by atoms with Gasteiger partial charge < -0.3 is 10.2 Å². The lowest BCUT2D eigenvalue weighted by atomic mass is 10.1. The standard InChI is InChI=1S/C22H26N4O4S/c1-17(18-8-6-9-19(16-18)25-31(2,29)30)24-21(27)12-13-22(28)26(15-7-14-23)20-10-4-3-5-11-20/h3-6,8-11,16-17,25H,7,12-13,15H2,1-2H3,(H,24,27). The monoisotopic (exact) mass is 442 g/mol. The number of nitrogens with one attached hydrogen (secondary N) is 2. The average molecular weight is 443 g/mol. The van der Waals surface area contributed by atoms with E-state index in [1.165, 1.54) is 4.90 Å². The van der Waals surface area contributed by atoms with Gasteiger partial charge >= 0.3 is 0 Å². The molecule has 2 amide bonds. The number of sulfonamides is 1. The summed E-state index contributed by atoms with van der Waals surface area (Å²) in [6.07, 6.45) is 1.27. The van der Waals surface area contributed by atoms with Crippen molar-refractivity contribution in [2.75, 3.05) is 22.4 Å². The second-order valence-corrected chi connectivity index (χ2v) is 8.83. The van der Waals surface area contributed by atoms with E-state index in [1.54, 1.807) is 43.3 Å². The highest BCUT2D eigenvalue weighted by molar-refractivity contribution is 7.92. The second-order valence-electron chi connectivity index (χ2n) is 7.08. The second kappa shape index (κ2) is 11.1. The average Bonchev–Trinajstić information content (AvgIpc) is 2.72. The minimum atomic E-state index is -3.40. The molecule has 2 N–H and O–H groups in total. The predicted octanol–water partition coefficient (Wildman–Crippen LogP) is 2.96. The van der Waals surface area contributed by atoms with Crippen LogP contribution in [0.15, 0.2) is 54.6 Å². The summed E-state index contributed by atoms with van der Waals surface area (Å²) in [7, 11) is -3.40. The SMILES string of the molecule is CC(NC(=O)CCC(=O)N(CCC#N)c1ccccc1)c1cccc(NS(C)(=O)=O)c1. The molecule has 0 radical (unpaired) electrons. The van der Waals surface area contributed by atoms with Gasteiger partial charge in [-0.3, -0.25) is 14.3 Å². The number of benzene rings is 2. The minimum absolute atomic E-state index is 0.000338. The van der Waals surface area contributed by atoms with Gasteiger partial charge in [-0.05, 0) is 36.8 Å². The third-order valence-corrected chi connectivity index (χ3v) is 5.06. The van der Waals surface area contributed by atoms with Crippen LogP contribution >= 0.6 is 0 Å². The van der Waals surface area contributed by atoms with E-state index in [-0.39, 0.29) is 43.7 Å². The molecule has 2 rings (SSSR count). The third-order valence-electron chi connectivity index (χ3n) is 4.45. The van der Waals surface area contributed by atoms with Gasteiger partial charge in [0.1, 0.15) is 0 Å². The van der Waals surface area contributed by atoms with Crippen LogP contribution in [-0.4, -0.2) is 33.0 Å². The fraction of sp³-hybridized carbons (Fsp3) is 0.318. The summed E-state index contributed by atoms with van der Waals surface area (Å²) in [6.45, 7) is 2.04. The fourth-order valence-corrected chi connectivity index (χ4v) is 3.56. The molecule has 2 aromatic rings. The number of hydrogen-bond donors (Lipinski definition) is 2. The number of rotatable bonds is 10. The lowest BCUT2D eigenvalue weighted by Crippen LogP contribution is -2.33. The van der Waals surface area contributed by atoms with Crippen molar-refractivity contribution in [3.8, 4) is 6.07 Å². The number of amides is 2. The highest BCUT2D eigenvalue weighted by Gasteiger charge is 2.18. The molecular formula is C22H26N4O4S. The maximum atomic E-state index is 12.7. The fourth-order valence-electron chi connectivity index (χ4n) is 3.01. The Bertz CT molecular complexity index is 1050. The zero-order valence-corrected chi connectivity index (χ0v) is 18.4. The summed E-state index contributed by atoms with van der Waals surface area (Å²) in [5.41, 5.74) is 1.83. The van der Waals surface area contributed by atoms with Crippen molar-refractivity contribution in [2.24, 2.45) is 0 Å². The molecule has 9 heteroatoms. The summed E-state index contributed by atoms with van der Waals surface area (Å²) in [5.74, 6) is -0.528. The van der Waals surface area contributed by atoms with Crippen molar-refractivity contribution in [3.05, 3.63) is 60.2 Å². The van der Waals surface area contributed by atoms with E-state index in [2.05, 4.69) is 10.0 Å². The van der Waals surface area contributed by atoms with Crippen LogP contribution in [0.2, 0.25) is 0 Å². The summed E-state index contributed by atoms with van der Waals surface area (Å²) in [6, 6.07) is 17.4. The molecule has 0 aliphatic carbocycles. The van der Waals surface area contributed by atoms with Crippen molar-refractivity contribution in [3.63, 3.8) is 0 Å².